The van der Waals surface area contributed by atoms with Gasteiger partial charge in [-0.05, 0) is 42.0 Å². The molecule has 1 spiro atoms. The fourth-order valence-electron chi connectivity index (χ4n) is 7.98. The van der Waals surface area contributed by atoms with Gasteiger partial charge in [0, 0.05) is 42.2 Å². The molecule has 6 atom stereocenters. The van der Waals surface area contributed by atoms with E-state index in [0.717, 1.165) is 42.1 Å². The third-order valence-electron chi connectivity index (χ3n) is 9.28. The number of likely N-dealkylation sites (N-methyl/N-ethyl adjacent to an activating group) is 1. The van der Waals surface area contributed by atoms with E-state index in [1.54, 1.807) is 7.11 Å². The molecule has 1 saturated carbocycles. The molecule has 4 aliphatic rings. The van der Waals surface area contributed by atoms with E-state index in [-0.39, 0.29) is 11.5 Å². The van der Waals surface area contributed by atoms with Gasteiger partial charge in [-0.3, -0.25) is 15.1 Å². The molecule has 0 aromatic heterocycles. The molecule has 34 heavy (non-hydrogen) atoms. The number of benzene rings is 1. The van der Waals surface area contributed by atoms with Crippen LogP contribution in [0.4, 0.5) is 5.69 Å². The van der Waals surface area contributed by atoms with Crippen LogP contribution in [-0.4, -0.2) is 72.1 Å². The Morgan fingerprint density at radius 3 is 2.62 bits per heavy atom. The Morgan fingerprint density at radius 2 is 2.03 bits per heavy atom. The SMILES string of the molecule is CC[C@]12C=CCN3CCC4(c5cc(C(C)(C)C)c(OC)cc5N(C)C4[C@@](O)(C(=O)NN)[C@@H]1O)C32. The number of nitrogens with one attached hydrogen (secondary N) is 1. The van der Waals surface area contributed by atoms with Crippen molar-refractivity contribution < 1.29 is 19.7 Å². The minimum Gasteiger partial charge on any atom is -0.496 e. The minimum absolute atomic E-state index is 0.0641. The molecular formula is C26H38N4O4. The number of carbonyl (C=O) groups excluding carboxylic acids is 1. The van der Waals surface area contributed by atoms with Gasteiger partial charge in [-0.1, -0.05) is 39.8 Å². The number of ether oxygens (including phenoxy) is 1. The molecule has 5 N–H and O–H groups in total. The van der Waals surface area contributed by atoms with Crippen molar-refractivity contribution in [1.29, 1.82) is 0 Å². The van der Waals surface area contributed by atoms with Gasteiger partial charge in [0.15, 0.2) is 5.60 Å². The van der Waals surface area contributed by atoms with Gasteiger partial charge in [-0.15, -0.1) is 0 Å². The summed E-state index contributed by atoms with van der Waals surface area (Å²) in [6.07, 6.45) is 4.14. The normalized spacial score (nSPS) is 38.4. The maximum absolute atomic E-state index is 13.4. The van der Waals surface area contributed by atoms with Gasteiger partial charge in [0.05, 0.1) is 13.2 Å². The molecule has 8 heteroatoms. The lowest BCUT2D eigenvalue weighted by Gasteiger charge is -2.63. The van der Waals surface area contributed by atoms with Crippen LogP contribution in [0.5, 0.6) is 5.75 Å². The molecule has 5 rings (SSSR count). The number of fused-ring (bicyclic) bond motifs is 1. The second-order valence-corrected chi connectivity index (χ2v) is 11.6. The highest BCUT2D eigenvalue weighted by molar-refractivity contribution is 5.90. The number of nitrogens with two attached hydrogens (primary N) is 1. The summed E-state index contributed by atoms with van der Waals surface area (Å²) >= 11 is 0. The Morgan fingerprint density at radius 1 is 1.32 bits per heavy atom. The van der Waals surface area contributed by atoms with Gasteiger partial charge in [-0.2, -0.15) is 0 Å². The Bertz CT molecular complexity index is 1070. The third-order valence-corrected chi connectivity index (χ3v) is 9.28. The lowest BCUT2D eigenvalue weighted by atomic mass is 9.47. The fourth-order valence-corrected chi connectivity index (χ4v) is 7.98. The molecule has 0 bridgehead atoms. The van der Waals surface area contributed by atoms with Crippen LogP contribution in [0.2, 0.25) is 0 Å². The number of amides is 1. The van der Waals surface area contributed by atoms with E-state index in [0.29, 0.717) is 6.42 Å². The number of aliphatic hydroxyl groups excluding tert-OH is 1. The van der Waals surface area contributed by atoms with Crippen LogP contribution in [0.3, 0.4) is 0 Å². The number of nitrogens with zero attached hydrogens (tertiary/aromatic N) is 2. The van der Waals surface area contributed by atoms with Crippen molar-refractivity contribution in [2.75, 3.05) is 32.1 Å². The van der Waals surface area contributed by atoms with Crippen molar-refractivity contribution in [2.45, 2.75) is 75.2 Å². The molecule has 1 saturated heterocycles. The molecule has 1 aromatic rings. The topological polar surface area (TPSA) is 111 Å². The van der Waals surface area contributed by atoms with Crippen molar-refractivity contribution in [3.63, 3.8) is 0 Å². The second kappa shape index (κ2) is 7.20. The summed E-state index contributed by atoms with van der Waals surface area (Å²) in [6.45, 7) is 10.1. The van der Waals surface area contributed by atoms with Crippen molar-refractivity contribution in [3.8, 4) is 5.75 Å². The highest BCUT2D eigenvalue weighted by Gasteiger charge is 2.78. The molecule has 8 nitrogen and oxygen atoms in total. The summed E-state index contributed by atoms with van der Waals surface area (Å²) in [5.74, 6) is 5.64. The van der Waals surface area contributed by atoms with Crippen LogP contribution in [0.1, 0.15) is 51.7 Å². The Balaban J connectivity index is 1.88. The molecule has 1 amide bonds. The fraction of sp³-hybridized carbons (Fsp3) is 0.654. The molecule has 1 aromatic carbocycles. The van der Waals surface area contributed by atoms with Gasteiger partial charge < -0.3 is 19.8 Å². The van der Waals surface area contributed by atoms with Crippen LogP contribution >= 0.6 is 0 Å². The number of hydrogen-bond donors (Lipinski definition) is 4. The highest BCUT2D eigenvalue weighted by Crippen LogP contribution is 2.67. The number of anilines is 1. The first kappa shape index (κ1) is 23.6. The van der Waals surface area contributed by atoms with E-state index in [1.807, 2.05) is 31.0 Å². The van der Waals surface area contributed by atoms with E-state index in [2.05, 4.69) is 43.2 Å². The van der Waals surface area contributed by atoms with Crippen molar-refractivity contribution >= 4 is 11.6 Å². The third kappa shape index (κ3) is 2.50. The van der Waals surface area contributed by atoms with Gasteiger partial charge in [0.2, 0.25) is 0 Å². The Labute approximate surface area is 201 Å². The van der Waals surface area contributed by atoms with Crippen LogP contribution in [-0.2, 0) is 15.6 Å². The standard InChI is InChI=1S/C26H38N4O4/c1-7-24-9-8-11-30-12-10-25(19(24)30)15-13-16(23(2,3)4)18(34-6)14-17(15)29(5)20(25)26(33,21(24)31)22(32)28-27/h8-9,13-14,19-21,31,33H,7,10-12,27H2,1-6H3,(H,28,32)/t19?,20?,21-,24-,25?,26+/m1/s1. The van der Waals surface area contributed by atoms with Crippen LogP contribution in [0, 0.1) is 5.41 Å². The first-order valence-corrected chi connectivity index (χ1v) is 12.2. The van der Waals surface area contributed by atoms with E-state index in [9.17, 15) is 15.0 Å². The first-order chi connectivity index (χ1) is 15.9. The zero-order chi connectivity index (χ0) is 24.8. The molecule has 186 valence electrons. The number of aliphatic hydroxyl groups is 2. The summed E-state index contributed by atoms with van der Waals surface area (Å²) < 4.78 is 5.81. The number of hydrazine groups is 1. The second-order valence-electron chi connectivity index (χ2n) is 11.6. The Kier molecular flexibility index (Phi) is 5.00. The quantitative estimate of drug-likeness (QED) is 0.227. The van der Waals surface area contributed by atoms with Gasteiger partial charge >= 0.3 is 0 Å². The number of hydrogen-bond acceptors (Lipinski definition) is 7. The number of rotatable bonds is 3. The van der Waals surface area contributed by atoms with Crippen LogP contribution in [0.25, 0.3) is 0 Å². The van der Waals surface area contributed by atoms with Crippen molar-refractivity contribution in [2.24, 2.45) is 11.3 Å². The molecular weight excluding hydrogens is 432 g/mol. The average Bonchev–Trinajstić information content (AvgIpc) is 3.32. The smallest absolute Gasteiger partial charge is 0.270 e. The van der Waals surface area contributed by atoms with Crippen LogP contribution < -0.4 is 20.9 Å². The molecule has 2 fully saturated rings. The molecule has 1 aliphatic carbocycles. The van der Waals surface area contributed by atoms with Gasteiger partial charge in [0.1, 0.15) is 11.9 Å². The van der Waals surface area contributed by atoms with Crippen LogP contribution in [0.15, 0.2) is 24.3 Å². The maximum Gasteiger partial charge on any atom is 0.270 e. The zero-order valence-corrected chi connectivity index (χ0v) is 21.1. The summed E-state index contributed by atoms with van der Waals surface area (Å²) in [4.78, 5) is 17.8. The number of methoxy groups -OCH3 is 1. The van der Waals surface area contributed by atoms with E-state index < -0.39 is 34.5 Å². The lowest BCUT2D eigenvalue weighted by molar-refractivity contribution is -0.203. The minimum atomic E-state index is -2.11. The summed E-state index contributed by atoms with van der Waals surface area (Å²) in [6, 6.07) is 3.51. The van der Waals surface area contributed by atoms with E-state index >= 15 is 0 Å². The highest BCUT2D eigenvalue weighted by atomic mass is 16.5. The summed E-state index contributed by atoms with van der Waals surface area (Å²) in [7, 11) is 3.57. The lowest BCUT2D eigenvalue weighted by Crippen LogP contribution is -2.82. The predicted molar refractivity (Wildman–Crippen MR) is 131 cm³/mol. The first-order valence-electron chi connectivity index (χ1n) is 12.2. The summed E-state index contributed by atoms with van der Waals surface area (Å²) in [5.41, 5.74) is 1.66. The van der Waals surface area contributed by atoms with E-state index in [1.165, 1.54) is 0 Å². The average molecular weight is 471 g/mol. The predicted octanol–water partition coefficient (Wildman–Crippen LogP) is 1.18. The summed E-state index contributed by atoms with van der Waals surface area (Å²) in [5, 5.41) is 24.1. The maximum atomic E-state index is 13.4. The Hall–Kier alpha value is -2.13. The van der Waals surface area contributed by atoms with E-state index in [4.69, 9.17) is 10.6 Å². The monoisotopic (exact) mass is 470 g/mol. The van der Waals surface area contributed by atoms with Gasteiger partial charge in [-0.25, -0.2) is 5.84 Å². The van der Waals surface area contributed by atoms with Crippen molar-refractivity contribution in [3.05, 3.63) is 35.4 Å². The zero-order valence-electron chi connectivity index (χ0n) is 21.1. The number of carbonyl (C=O) groups is 1. The largest absolute Gasteiger partial charge is 0.496 e. The van der Waals surface area contributed by atoms with Crippen molar-refractivity contribution in [1.82, 2.24) is 10.3 Å². The molecule has 3 unspecified atom stereocenters. The molecule has 0 radical (unpaired) electrons. The van der Waals surface area contributed by atoms with Gasteiger partial charge in [0.25, 0.3) is 5.91 Å². The molecule has 3 heterocycles. The molecule has 3 aliphatic heterocycles.